The summed E-state index contributed by atoms with van der Waals surface area (Å²) >= 11 is 0. The molecule has 0 bridgehead atoms. The van der Waals surface area contributed by atoms with Crippen molar-refractivity contribution >= 4 is 11.7 Å². The fraction of sp³-hybridized carbons (Fsp3) is 0.632. The molecule has 25 heavy (non-hydrogen) atoms. The van der Waals surface area contributed by atoms with Crippen molar-refractivity contribution in [2.24, 2.45) is 0 Å². The van der Waals surface area contributed by atoms with Crippen molar-refractivity contribution in [3.05, 3.63) is 29.8 Å². The molecule has 3 rings (SSSR count). The van der Waals surface area contributed by atoms with Crippen LogP contribution in [0.1, 0.15) is 26.3 Å². The molecule has 1 aromatic rings. The van der Waals surface area contributed by atoms with Crippen LogP contribution in [0.2, 0.25) is 0 Å². The van der Waals surface area contributed by atoms with E-state index in [-0.39, 0.29) is 24.3 Å². The topological polar surface area (TPSA) is 54.0 Å². The quantitative estimate of drug-likeness (QED) is 0.913. The van der Waals surface area contributed by atoms with Crippen LogP contribution in [-0.4, -0.2) is 66.9 Å². The standard InChI is InChI=1S/C19H29N3O3/c1-14-12-22(8-9-24-14)19(23)20-18-7-5-4-6-17(18)13-21-10-15(2)25-16(3)11-21/h4-7,14-16H,8-13H2,1-3H3,(H,20,23)/t14-,15-,16+/m0/s1. The van der Waals surface area contributed by atoms with Gasteiger partial charge in [0.15, 0.2) is 0 Å². The first-order valence-corrected chi connectivity index (χ1v) is 9.14. The van der Waals surface area contributed by atoms with Crippen LogP contribution < -0.4 is 5.32 Å². The molecule has 2 fully saturated rings. The van der Waals surface area contributed by atoms with E-state index in [1.807, 2.05) is 30.0 Å². The zero-order valence-electron chi connectivity index (χ0n) is 15.4. The number of amides is 2. The van der Waals surface area contributed by atoms with Crippen LogP contribution in [0.3, 0.4) is 0 Å². The summed E-state index contributed by atoms with van der Waals surface area (Å²) in [6.07, 6.45) is 0.562. The van der Waals surface area contributed by atoms with E-state index in [2.05, 4.69) is 30.1 Å². The number of benzene rings is 1. The molecule has 0 radical (unpaired) electrons. The predicted octanol–water partition coefficient (Wildman–Crippen LogP) is 2.55. The van der Waals surface area contributed by atoms with Crippen molar-refractivity contribution in [3.63, 3.8) is 0 Å². The Kier molecular flexibility index (Phi) is 5.93. The van der Waals surface area contributed by atoms with Crippen molar-refractivity contribution in [2.45, 2.75) is 45.6 Å². The molecule has 138 valence electrons. The molecule has 0 aromatic heterocycles. The number of para-hydroxylation sites is 1. The molecule has 1 N–H and O–H groups in total. The maximum absolute atomic E-state index is 12.6. The SMILES string of the molecule is C[C@@H]1CN(Cc2ccccc2NC(=O)N2CCO[C@@H](C)C2)C[C@H](C)O1. The van der Waals surface area contributed by atoms with Gasteiger partial charge in [-0.3, -0.25) is 4.90 Å². The minimum absolute atomic E-state index is 0.0497. The van der Waals surface area contributed by atoms with Gasteiger partial charge in [0.1, 0.15) is 0 Å². The van der Waals surface area contributed by atoms with E-state index >= 15 is 0 Å². The lowest BCUT2D eigenvalue weighted by Crippen LogP contribution is -2.46. The summed E-state index contributed by atoms with van der Waals surface area (Å²) in [6, 6.07) is 8.00. The monoisotopic (exact) mass is 347 g/mol. The van der Waals surface area contributed by atoms with Crippen molar-refractivity contribution in [3.8, 4) is 0 Å². The summed E-state index contributed by atoms with van der Waals surface area (Å²) in [7, 11) is 0. The number of urea groups is 1. The zero-order valence-corrected chi connectivity index (χ0v) is 15.4. The number of carbonyl (C=O) groups excluding carboxylic acids is 1. The first kappa shape index (κ1) is 18.2. The lowest BCUT2D eigenvalue weighted by atomic mass is 10.1. The average Bonchev–Trinajstić information content (AvgIpc) is 2.55. The third-order valence-corrected chi connectivity index (χ3v) is 4.68. The zero-order chi connectivity index (χ0) is 17.8. The van der Waals surface area contributed by atoms with E-state index in [0.29, 0.717) is 19.7 Å². The van der Waals surface area contributed by atoms with Crippen LogP contribution in [0.15, 0.2) is 24.3 Å². The third-order valence-electron chi connectivity index (χ3n) is 4.68. The first-order chi connectivity index (χ1) is 12.0. The summed E-state index contributed by atoms with van der Waals surface area (Å²) in [5.41, 5.74) is 2.02. The smallest absolute Gasteiger partial charge is 0.322 e. The molecule has 2 heterocycles. The minimum Gasteiger partial charge on any atom is -0.375 e. The molecular weight excluding hydrogens is 318 g/mol. The second-order valence-corrected chi connectivity index (χ2v) is 7.17. The molecule has 0 saturated carbocycles. The number of hydrogen-bond donors (Lipinski definition) is 1. The largest absolute Gasteiger partial charge is 0.375 e. The van der Waals surface area contributed by atoms with Gasteiger partial charge in [-0.1, -0.05) is 18.2 Å². The van der Waals surface area contributed by atoms with Gasteiger partial charge < -0.3 is 19.7 Å². The number of rotatable bonds is 3. The van der Waals surface area contributed by atoms with Crippen LogP contribution >= 0.6 is 0 Å². The highest BCUT2D eigenvalue weighted by molar-refractivity contribution is 5.90. The summed E-state index contributed by atoms with van der Waals surface area (Å²) in [6.45, 7) is 10.7. The van der Waals surface area contributed by atoms with Crippen molar-refractivity contribution in [1.29, 1.82) is 0 Å². The van der Waals surface area contributed by atoms with Gasteiger partial charge in [-0.15, -0.1) is 0 Å². The third kappa shape index (κ3) is 4.93. The van der Waals surface area contributed by atoms with Gasteiger partial charge in [0.05, 0.1) is 24.9 Å². The highest BCUT2D eigenvalue weighted by Gasteiger charge is 2.24. The van der Waals surface area contributed by atoms with Gasteiger partial charge in [-0.05, 0) is 32.4 Å². The first-order valence-electron chi connectivity index (χ1n) is 9.14. The predicted molar refractivity (Wildman–Crippen MR) is 97.7 cm³/mol. The Bertz CT molecular complexity index is 585. The Morgan fingerprint density at radius 2 is 1.84 bits per heavy atom. The fourth-order valence-electron chi connectivity index (χ4n) is 3.63. The van der Waals surface area contributed by atoms with Crippen molar-refractivity contribution in [2.75, 3.05) is 38.1 Å². The molecule has 2 aliphatic heterocycles. The number of carbonyl (C=O) groups is 1. The molecule has 3 atom stereocenters. The van der Waals surface area contributed by atoms with Crippen LogP contribution in [0.4, 0.5) is 10.5 Å². The Morgan fingerprint density at radius 1 is 1.12 bits per heavy atom. The van der Waals surface area contributed by atoms with E-state index in [0.717, 1.165) is 30.9 Å². The van der Waals surface area contributed by atoms with Crippen LogP contribution in [0.5, 0.6) is 0 Å². The summed E-state index contributed by atoms with van der Waals surface area (Å²) in [5, 5.41) is 3.09. The number of nitrogens with one attached hydrogen (secondary N) is 1. The van der Waals surface area contributed by atoms with Crippen LogP contribution in [-0.2, 0) is 16.0 Å². The molecule has 0 unspecified atom stereocenters. The molecule has 1 aromatic carbocycles. The Balaban J connectivity index is 1.65. The van der Waals surface area contributed by atoms with E-state index in [4.69, 9.17) is 9.47 Å². The van der Waals surface area contributed by atoms with Crippen molar-refractivity contribution < 1.29 is 14.3 Å². The average molecular weight is 347 g/mol. The van der Waals surface area contributed by atoms with E-state index in [1.54, 1.807) is 0 Å². The second-order valence-electron chi connectivity index (χ2n) is 7.17. The van der Waals surface area contributed by atoms with Gasteiger partial charge in [0.2, 0.25) is 0 Å². The molecule has 0 spiro atoms. The van der Waals surface area contributed by atoms with E-state index in [9.17, 15) is 4.79 Å². The molecule has 2 aliphatic rings. The fourth-order valence-corrected chi connectivity index (χ4v) is 3.63. The minimum atomic E-state index is -0.0497. The van der Waals surface area contributed by atoms with Gasteiger partial charge >= 0.3 is 6.03 Å². The second kappa shape index (κ2) is 8.17. The highest BCUT2D eigenvalue weighted by atomic mass is 16.5. The number of hydrogen-bond acceptors (Lipinski definition) is 4. The van der Waals surface area contributed by atoms with E-state index in [1.165, 1.54) is 0 Å². The lowest BCUT2D eigenvalue weighted by molar-refractivity contribution is -0.0704. The molecule has 6 nitrogen and oxygen atoms in total. The maximum atomic E-state index is 12.6. The normalized spacial score (nSPS) is 28.0. The number of anilines is 1. The van der Waals surface area contributed by atoms with Gasteiger partial charge in [-0.2, -0.15) is 0 Å². The molecule has 2 saturated heterocycles. The van der Waals surface area contributed by atoms with Crippen LogP contribution in [0, 0.1) is 0 Å². The summed E-state index contributed by atoms with van der Waals surface area (Å²) in [5.74, 6) is 0. The Labute approximate surface area is 150 Å². The molecule has 0 aliphatic carbocycles. The number of morpholine rings is 2. The number of ether oxygens (including phenoxy) is 2. The molecule has 6 heteroatoms. The van der Waals surface area contributed by atoms with Gasteiger partial charge in [0.25, 0.3) is 0 Å². The van der Waals surface area contributed by atoms with E-state index < -0.39 is 0 Å². The Hall–Kier alpha value is -1.63. The molecular formula is C19H29N3O3. The highest BCUT2D eigenvalue weighted by Crippen LogP contribution is 2.21. The maximum Gasteiger partial charge on any atom is 0.322 e. The number of nitrogens with zero attached hydrogens (tertiary/aromatic N) is 2. The summed E-state index contributed by atoms with van der Waals surface area (Å²) < 4.78 is 11.3. The van der Waals surface area contributed by atoms with Crippen LogP contribution in [0.25, 0.3) is 0 Å². The lowest BCUT2D eigenvalue weighted by Gasteiger charge is -2.35. The Morgan fingerprint density at radius 3 is 2.56 bits per heavy atom. The van der Waals surface area contributed by atoms with Gasteiger partial charge in [-0.25, -0.2) is 4.79 Å². The summed E-state index contributed by atoms with van der Waals surface area (Å²) in [4.78, 5) is 16.8. The molecule has 2 amide bonds. The van der Waals surface area contributed by atoms with Gasteiger partial charge in [0, 0.05) is 38.4 Å². The van der Waals surface area contributed by atoms with Crippen molar-refractivity contribution in [1.82, 2.24) is 9.80 Å².